The topological polar surface area (TPSA) is 79.2 Å². The number of benzene rings is 1. The Hall–Kier alpha value is -0.980. The van der Waals surface area contributed by atoms with Gasteiger partial charge >= 0.3 is 0 Å². The molecule has 1 aliphatic rings. The Bertz CT molecular complexity index is 356. The van der Waals surface area contributed by atoms with Crippen molar-refractivity contribution in [3.8, 4) is 0 Å². The Balaban J connectivity index is 1.86. The fraction of sp³-hybridized carbons (Fsp3) is 0.538. The fourth-order valence-corrected chi connectivity index (χ4v) is 1.94. The molecule has 0 spiro atoms. The lowest BCUT2D eigenvalue weighted by atomic mass is 10.0. The Labute approximate surface area is 106 Å². The number of ether oxygens (including phenoxy) is 2. The maximum Gasteiger partial charge on any atom is 0.161 e. The molecule has 5 nitrogen and oxygen atoms in total. The van der Waals surface area contributed by atoms with Gasteiger partial charge in [0.2, 0.25) is 0 Å². The van der Waals surface area contributed by atoms with E-state index in [0.29, 0.717) is 6.61 Å². The molecule has 0 aliphatic carbocycles. The van der Waals surface area contributed by atoms with Gasteiger partial charge in [-0.2, -0.15) is 0 Å². The van der Waals surface area contributed by atoms with Crippen molar-refractivity contribution in [1.29, 1.82) is 0 Å². The summed E-state index contributed by atoms with van der Waals surface area (Å²) in [5, 5.41) is 28.2. The van der Waals surface area contributed by atoms with E-state index in [1.807, 2.05) is 30.3 Å². The van der Waals surface area contributed by atoms with Gasteiger partial charge in [0, 0.05) is 6.42 Å². The highest BCUT2D eigenvalue weighted by molar-refractivity contribution is 5.13. The van der Waals surface area contributed by atoms with Crippen molar-refractivity contribution in [2.24, 2.45) is 0 Å². The zero-order valence-corrected chi connectivity index (χ0v) is 9.98. The average molecular weight is 254 g/mol. The minimum Gasteiger partial charge on any atom is -0.394 e. The largest absolute Gasteiger partial charge is 0.394 e. The Kier molecular flexibility index (Phi) is 4.68. The van der Waals surface area contributed by atoms with Crippen molar-refractivity contribution in [1.82, 2.24) is 0 Å². The van der Waals surface area contributed by atoms with E-state index in [0.717, 1.165) is 5.56 Å². The monoisotopic (exact) mass is 254 g/mol. The second-order valence-electron chi connectivity index (χ2n) is 4.38. The predicted octanol–water partition coefficient (Wildman–Crippen LogP) is 0.0323. The molecule has 18 heavy (non-hydrogen) atoms. The molecule has 1 heterocycles. The van der Waals surface area contributed by atoms with Gasteiger partial charge in [-0.15, -0.1) is 0 Å². The molecule has 1 aliphatic heterocycles. The zero-order chi connectivity index (χ0) is 13.0. The van der Waals surface area contributed by atoms with Gasteiger partial charge in [0.15, 0.2) is 6.29 Å². The van der Waals surface area contributed by atoms with Crippen LogP contribution in [0.15, 0.2) is 30.3 Å². The van der Waals surface area contributed by atoms with E-state index >= 15 is 0 Å². The molecule has 1 aromatic carbocycles. The third kappa shape index (κ3) is 3.28. The van der Waals surface area contributed by atoms with Gasteiger partial charge < -0.3 is 24.8 Å². The van der Waals surface area contributed by atoms with E-state index in [1.165, 1.54) is 0 Å². The van der Waals surface area contributed by atoms with E-state index < -0.39 is 24.6 Å². The number of hydrogen-bond donors (Lipinski definition) is 3. The van der Waals surface area contributed by atoms with E-state index in [9.17, 15) is 10.2 Å². The normalized spacial score (nSPS) is 32.4. The molecule has 5 heteroatoms. The smallest absolute Gasteiger partial charge is 0.161 e. The summed E-state index contributed by atoms with van der Waals surface area (Å²) in [6.07, 6.45) is -3.21. The predicted molar refractivity (Wildman–Crippen MR) is 63.6 cm³/mol. The summed E-state index contributed by atoms with van der Waals surface area (Å²) in [4.78, 5) is 0. The summed E-state index contributed by atoms with van der Waals surface area (Å²) in [6.45, 7) is 0.0237. The molecular formula is C13H18O5. The summed E-state index contributed by atoms with van der Waals surface area (Å²) < 4.78 is 10.9. The van der Waals surface area contributed by atoms with Crippen LogP contribution >= 0.6 is 0 Å². The molecule has 3 N–H and O–H groups in total. The van der Waals surface area contributed by atoms with Crippen LogP contribution in [-0.2, 0) is 16.1 Å². The van der Waals surface area contributed by atoms with Gasteiger partial charge in [0.25, 0.3) is 0 Å². The summed E-state index contributed by atoms with van der Waals surface area (Å²) in [6, 6.07) is 9.60. The van der Waals surface area contributed by atoms with Crippen LogP contribution in [-0.4, -0.2) is 46.5 Å². The molecule has 4 unspecified atom stereocenters. The standard InChI is InChI=1S/C13H18O5/c14-7-11-13(16)10(15)6-12(18-11)17-8-9-4-2-1-3-5-9/h1-5,10-16H,6-8H2. The SMILES string of the molecule is OCC1OC(OCc2ccccc2)CC(O)C1O. The molecule has 2 rings (SSSR count). The molecule has 4 atom stereocenters. The summed E-state index contributed by atoms with van der Waals surface area (Å²) in [5.41, 5.74) is 1.00. The van der Waals surface area contributed by atoms with E-state index in [-0.39, 0.29) is 13.0 Å². The van der Waals surface area contributed by atoms with Gasteiger partial charge in [-0.1, -0.05) is 30.3 Å². The van der Waals surface area contributed by atoms with Crippen molar-refractivity contribution in [3.63, 3.8) is 0 Å². The molecule has 0 aromatic heterocycles. The number of aliphatic hydroxyl groups excluding tert-OH is 3. The highest BCUT2D eigenvalue weighted by atomic mass is 16.7. The van der Waals surface area contributed by atoms with Crippen LogP contribution in [0.5, 0.6) is 0 Å². The molecule has 1 aromatic rings. The van der Waals surface area contributed by atoms with Gasteiger partial charge in [-0.3, -0.25) is 0 Å². The number of hydrogen-bond acceptors (Lipinski definition) is 5. The highest BCUT2D eigenvalue weighted by Gasteiger charge is 2.36. The first-order valence-electron chi connectivity index (χ1n) is 5.98. The van der Waals surface area contributed by atoms with Crippen molar-refractivity contribution >= 4 is 0 Å². The molecule has 0 radical (unpaired) electrons. The van der Waals surface area contributed by atoms with Crippen LogP contribution in [0.4, 0.5) is 0 Å². The molecule has 100 valence electrons. The van der Waals surface area contributed by atoms with Crippen LogP contribution in [0.25, 0.3) is 0 Å². The van der Waals surface area contributed by atoms with Crippen LogP contribution in [0, 0.1) is 0 Å². The first kappa shape index (κ1) is 13.5. The summed E-state index contributed by atoms with van der Waals surface area (Å²) in [7, 11) is 0. The number of rotatable bonds is 4. The van der Waals surface area contributed by atoms with Crippen LogP contribution < -0.4 is 0 Å². The molecule has 1 saturated heterocycles. The third-order valence-electron chi connectivity index (χ3n) is 2.99. The van der Waals surface area contributed by atoms with Crippen LogP contribution in [0.1, 0.15) is 12.0 Å². The van der Waals surface area contributed by atoms with E-state index in [4.69, 9.17) is 14.6 Å². The first-order valence-corrected chi connectivity index (χ1v) is 5.98. The molecule has 0 amide bonds. The fourth-order valence-electron chi connectivity index (χ4n) is 1.94. The minimum absolute atomic E-state index is 0.199. The third-order valence-corrected chi connectivity index (χ3v) is 2.99. The number of aliphatic hydroxyl groups is 3. The Morgan fingerprint density at radius 1 is 1.22 bits per heavy atom. The van der Waals surface area contributed by atoms with Crippen LogP contribution in [0.3, 0.4) is 0 Å². The van der Waals surface area contributed by atoms with Crippen molar-refractivity contribution in [3.05, 3.63) is 35.9 Å². The Morgan fingerprint density at radius 3 is 2.61 bits per heavy atom. The first-order chi connectivity index (χ1) is 8.70. The van der Waals surface area contributed by atoms with Crippen LogP contribution in [0.2, 0.25) is 0 Å². The van der Waals surface area contributed by atoms with Gasteiger partial charge in [-0.05, 0) is 5.56 Å². The van der Waals surface area contributed by atoms with Crippen molar-refractivity contribution in [2.75, 3.05) is 6.61 Å². The molecule has 1 fully saturated rings. The van der Waals surface area contributed by atoms with Gasteiger partial charge in [-0.25, -0.2) is 0 Å². The second-order valence-corrected chi connectivity index (χ2v) is 4.38. The lowest BCUT2D eigenvalue weighted by Gasteiger charge is -2.36. The highest BCUT2D eigenvalue weighted by Crippen LogP contribution is 2.21. The van der Waals surface area contributed by atoms with E-state index in [2.05, 4.69) is 0 Å². The van der Waals surface area contributed by atoms with Crippen molar-refractivity contribution < 1.29 is 24.8 Å². The minimum atomic E-state index is -1.06. The molecule has 0 bridgehead atoms. The van der Waals surface area contributed by atoms with Gasteiger partial charge in [0.05, 0.1) is 19.3 Å². The maximum absolute atomic E-state index is 9.63. The average Bonchev–Trinajstić information content (AvgIpc) is 2.41. The lowest BCUT2D eigenvalue weighted by Crippen LogP contribution is -2.50. The second kappa shape index (κ2) is 6.26. The summed E-state index contributed by atoms with van der Waals surface area (Å²) in [5.74, 6) is 0. The molecular weight excluding hydrogens is 236 g/mol. The van der Waals surface area contributed by atoms with Crippen molar-refractivity contribution in [2.45, 2.75) is 37.6 Å². The Morgan fingerprint density at radius 2 is 1.94 bits per heavy atom. The molecule has 0 saturated carbocycles. The maximum atomic E-state index is 9.63. The zero-order valence-electron chi connectivity index (χ0n) is 9.98. The lowest BCUT2D eigenvalue weighted by molar-refractivity contribution is -0.260. The summed E-state index contributed by atoms with van der Waals surface area (Å²) >= 11 is 0. The quantitative estimate of drug-likeness (QED) is 0.706. The van der Waals surface area contributed by atoms with E-state index in [1.54, 1.807) is 0 Å². The van der Waals surface area contributed by atoms with Gasteiger partial charge in [0.1, 0.15) is 12.2 Å².